The third-order valence-corrected chi connectivity index (χ3v) is 7.61. The van der Waals surface area contributed by atoms with E-state index in [0.29, 0.717) is 22.8 Å². The average Bonchev–Trinajstić information content (AvgIpc) is 3.23. The number of aliphatic hydroxyl groups excluding tert-OH is 1. The molecule has 2 heterocycles. The highest BCUT2D eigenvalue weighted by Gasteiger charge is 2.19. The van der Waals surface area contributed by atoms with Gasteiger partial charge in [0.2, 0.25) is 0 Å². The summed E-state index contributed by atoms with van der Waals surface area (Å²) in [6.45, 7) is 6.35. The second kappa shape index (κ2) is 10.6. The van der Waals surface area contributed by atoms with Gasteiger partial charge in [-0.25, -0.2) is 4.98 Å². The summed E-state index contributed by atoms with van der Waals surface area (Å²) in [5, 5.41) is 12.2. The SMILES string of the molecule is CCc1cc(-c2c(C)sc3c(C)cccc23)nc(C(O)CCC(=O)c2ccc(OC)c(OC)c2)c1. The highest BCUT2D eigenvalue weighted by molar-refractivity contribution is 7.19. The maximum absolute atomic E-state index is 12.8. The maximum Gasteiger partial charge on any atom is 0.163 e. The number of carbonyl (C=O) groups is 1. The number of carbonyl (C=O) groups excluding carboxylic acids is 1. The van der Waals surface area contributed by atoms with Crippen molar-refractivity contribution in [2.24, 2.45) is 0 Å². The topological polar surface area (TPSA) is 68.7 Å². The van der Waals surface area contributed by atoms with Crippen LogP contribution in [0.4, 0.5) is 0 Å². The number of benzene rings is 2. The Balaban J connectivity index is 1.59. The van der Waals surface area contributed by atoms with E-state index in [1.165, 1.54) is 20.5 Å². The van der Waals surface area contributed by atoms with Gasteiger partial charge in [0.25, 0.3) is 0 Å². The van der Waals surface area contributed by atoms with Crippen LogP contribution in [0.1, 0.15) is 57.9 Å². The molecule has 0 amide bonds. The van der Waals surface area contributed by atoms with Gasteiger partial charge in [-0.15, -0.1) is 11.3 Å². The Morgan fingerprint density at radius 1 is 1.06 bits per heavy atom. The fourth-order valence-corrected chi connectivity index (χ4v) is 5.51. The smallest absolute Gasteiger partial charge is 0.163 e. The first-order valence-electron chi connectivity index (χ1n) is 11.8. The van der Waals surface area contributed by atoms with Crippen LogP contribution in [0.15, 0.2) is 48.5 Å². The molecule has 4 aromatic rings. The van der Waals surface area contributed by atoms with Crippen LogP contribution in [-0.2, 0) is 6.42 Å². The summed E-state index contributed by atoms with van der Waals surface area (Å²) in [5.41, 5.74) is 5.49. The lowest BCUT2D eigenvalue weighted by Gasteiger charge is -2.14. The summed E-state index contributed by atoms with van der Waals surface area (Å²) in [5.74, 6) is 1.02. The third kappa shape index (κ3) is 5.09. The number of Topliss-reactive ketones (excluding diaryl/α,β-unsaturated/α-hetero) is 1. The molecule has 0 saturated heterocycles. The molecule has 0 saturated carbocycles. The summed E-state index contributed by atoms with van der Waals surface area (Å²) in [6.07, 6.45) is 0.482. The number of ketones is 1. The first kappa shape index (κ1) is 24.9. The number of nitrogens with zero attached hydrogens (tertiary/aromatic N) is 1. The minimum atomic E-state index is -0.837. The molecule has 4 rings (SSSR count). The molecule has 5 nitrogen and oxygen atoms in total. The van der Waals surface area contributed by atoms with Crippen LogP contribution < -0.4 is 9.47 Å². The van der Waals surface area contributed by atoms with Crippen molar-refractivity contribution in [3.63, 3.8) is 0 Å². The predicted molar refractivity (Wildman–Crippen MR) is 142 cm³/mol. The van der Waals surface area contributed by atoms with E-state index in [0.717, 1.165) is 23.2 Å². The Morgan fingerprint density at radius 3 is 2.54 bits per heavy atom. The van der Waals surface area contributed by atoms with Crippen LogP contribution in [-0.4, -0.2) is 30.1 Å². The first-order chi connectivity index (χ1) is 16.9. The molecule has 0 spiro atoms. The second-order valence-electron chi connectivity index (χ2n) is 8.67. The van der Waals surface area contributed by atoms with Gasteiger partial charge in [-0.1, -0.05) is 25.1 Å². The molecular formula is C29H31NO4S. The van der Waals surface area contributed by atoms with E-state index >= 15 is 0 Å². The molecule has 0 aliphatic heterocycles. The van der Waals surface area contributed by atoms with Gasteiger partial charge in [0.05, 0.1) is 31.7 Å². The van der Waals surface area contributed by atoms with E-state index in [1.54, 1.807) is 43.8 Å². The van der Waals surface area contributed by atoms with Gasteiger partial charge in [-0.2, -0.15) is 0 Å². The summed E-state index contributed by atoms with van der Waals surface area (Å²) in [6, 6.07) is 15.5. The van der Waals surface area contributed by atoms with E-state index < -0.39 is 6.10 Å². The van der Waals surface area contributed by atoms with Crippen molar-refractivity contribution in [3.8, 4) is 22.8 Å². The summed E-state index contributed by atoms with van der Waals surface area (Å²) < 4.78 is 11.8. The standard InChI is InChI=1S/C29H31NO4S/c1-6-19-14-22(25(32)12-11-24(31)20-10-13-26(33-4)27(16-20)34-5)30-23(15-19)28-18(3)35-29-17(2)8-7-9-21(28)29/h7-10,13-16,25,32H,6,11-12H2,1-5H3. The number of hydrogen-bond donors (Lipinski definition) is 1. The molecule has 2 aromatic heterocycles. The Hall–Kier alpha value is -3.22. The van der Waals surface area contributed by atoms with E-state index in [2.05, 4.69) is 45.0 Å². The fourth-order valence-electron chi connectivity index (χ4n) is 4.38. The molecule has 0 aliphatic carbocycles. The van der Waals surface area contributed by atoms with Crippen molar-refractivity contribution >= 4 is 27.2 Å². The zero-order chi connectivity index (χ0) is 25.1. The predicted octanol–water partition coefficient (Wildman–Crippen LogP) is 6.86. The molecule has 0 aliphatic rings. The molecular weight excluding hydrogens is 458 g/mol. The van der Waals surface area contributed by atoms with Gasteiger partial charge in [-0.05, 0) is 68.1 Å². The monoisotopic (exact) mass is 489 g/mol. The zero-order valence-electron chi connectivity index (χ0n) is 20.8. The summed E-state index contributed by atoms with van der Waals surface area (Å²) in [4.78, 5) is 18.9. The molecule has 1 atom stereocenters. The lowest BCUT2D eigenvalue weighted by atomic mass is 9.99. The van der Waals surface area contributed by atoms with Crippen LogP contribution in [0.5, 0.6) is 11.5 Å². The van der Waals surface area contributed by atoms with Gasteiger partial charge in [-0.3, -0.25) is 4.79 Å². The van der Waals surface area contributed by atoms with Crippen LogP contribution in [0.3, 0.4) is 0 Å². The fraction of sp³-hybridized carbons (Fsp3) is 0.310. The van der Waals surface area contributed by atoms with Crippen molar-refractivity contribution in [2.45, 2.75) is 46.1 Å². The molecule has 1 unspecified atom stereocenters. The number of fused-ring (bicyclic) bond motifs is 1. The number of aliphatic hydroxyl groups is 1. The lowest BCUT2D eigenvalue weighted by molar-refractivity contribution is 0.0937. The van der Waals surface area contributed by atoms with Crippen LogP contribution in [0.25, 0.3) is 21.3 Å². The molecule has 0 bridgehead atoms. The Kier molecular flexibility index (Phi) is 7.53. The third-order valence-electron chi connectivity index (χ3n) is 6.35. The molecule has 1 N–H and O–H groups in total. The Morgan fingerprint density at radius 2 is 1.83 bits per heavy atom. The van der Waals surface area contributed by atoms with Crippen molar-refractivity contribution in [3.05, 3.63) is 75.8 Å². The molecule has 6 heteroatoms. The average molecular weight is 490 g/mol. The molecule has 2 aromatic carbocycles. The quantitative estimate of drug-likeness (QED) is 0.260. The minimum Gasteiger partial charge on any atom is -0.493 e. The zero-order valence-corrected chi connectivity index (χ0v) is 21.7. The molecule has 0 fully saturated rings. The number of pyridine rings is 1. The van der Waals surface area contributed by atoms with Crippen molar-refractivity contribution in [1.82, 2.24) is 4.98 Å². The van der Waals surface area contributed by atoms with Gasteiger partial charge < -0.3 is 14.6 Å². The van der Waals surface area contributed by atoms with Crippen molar-refractivity contribution < 1.29 is 19.4 Å². The number of aryl methyl sites for hydroxylation is 3. The number of methoxy groups -OCH3 is 2. The van der Waals surface area contributed by atoms with Gasteiger partial charge >= 0.3 is 0 Å². The lowest BCUT2D eigenvalue weighted by Crippen LogP contribution is -2.07. The van der Waals surface area contributed by atoms with Crippen LogP contribution >= 0.6 is 11.3 Å². The number of aromatic nitrogens is 1. The molecule has 182 valence electrons. The van der Waals surface area contributed by atoms with E-state index in [9.17, 15) is 9.90 Å². The van der Waals surface area contributed by atoms with Gasteiger partial charge in [0, 0.05) is 32.5 Å². The maximum atomic E-state index is 12.8. The van der Waals surface area contributed by atoms with Crippen molar-refractivity contribution in [2.75, 3.05) is 14.2 Å². The highest BCUT2D eigenvalue weighted by Crippen LogP contribution is 2.40. The highest BCUT2D eigenvalue weighted by atomic mass is 32.1. The number of ether oxygens (including phenoxy) is 2. The first-order valence-corrected chi connectivity index (χ1v) is 12.6. The number of rotatable bonds is 9. The van der Waals surface area contributed by atoms with Crippen LogP contribution in [0.2, 0.25) is 0 Å². The second-order valence-corrected chi connectivity index (χ2v) is 9.90. The van der Waals surface area contributed by atoms with Crippen LogP contribution in [0, 0.1) is 13.8 Å². The summed E-state index contributed by atoms with van der Waals surface area (Å²) in [7, 11) is 3.10. The summed E-state index contributed by atoms with van der Waals surface area (Å²) >= 11 is 1.78. The largest absolute Gasteiger partial charge is 0.493 e. The Bertz CT molecular complexity index is 1370. The van der Waals surface area contributed by atoms with E-state index in [-0.39, 0.29) is 18.6 Å². The van der Waals surface area contributed by atoms with Crippen molar-refractivity contribution in [1.29, 1.82) is 0 Å². The van der Waals surface area contributed by atoms with E-state index in [1.807, 2.05) is 6.07 Å². The Labute approximate surface area is 210 Å². The molecule has 0 radical (unpaired) electrons. The van der Waals surface area contributed by atoms with Gasteiger partial charge in [0.1, 0.15) is 0 Å². The van der Waals surface area contributed by atoms with Gasteiger partial charge in [0.15, 0.2) is 17.3 Å². The number of hydrogen-bond acceptors (Lipinski definition) is 6. The number of thiophene rings is 1. The normalized spacial score (nSPS) is 12.1. The minimum absolute atomic E-state index is 0.0629. The van der Waals surface area contributed by atoms with E-state index in [4.69, 9.17) is 14.5 Å². The molecule has 35 heavy (non-hydrogen) atoms.